The van der Waals surface area contributed by atoms with Crippen molar-refractivity contribution in [1.82, 2.24) is 0 Å². The lowest BCUT2D eigenvalue weighted by Crippen LogP contribution is -3.00. The lowest BCUT2D eigenvalue weighted by molar-refractivity contribution is -0.910. The second-order valence-corrected chi connectivity index (χ2v) is 4.85. The molecule has 0 heterocycles. The van der Waals surface area contributed by atoms with E-state index in [9.17, 15) is 0 Å². The molecular weight excluding hydrogens is 189 g/mol. The minimum atomic E-state index is 0. The first kappa shape index (κ1) is 17.3. The van der Waals surface area contributed by atoms with Gasteiger partial charge in [0.25, 0.3) is 0 Å². The fourth-order valence-electron chi connectivity index (χ4n) is 1.95. The predicted octanol–water partition coefficient (Wildman–Crippen LogP) is 0.837. The summed E-state index contributed by atoms with van der Waals surface area (Å²) in [5.74, 6) is 0. The van der Waals surface area contributed by atoms with Gasteiger partial charge in [0.05, 0.1) is 26.7 Å². The molecule has 0 amide bonds. The van der Waals surface area contributed by atoms with E-state index in [4.69, 9.17) is 0 Å². The molecule has 0 radical (unpaired) electrons. The lowest BCUT2D eigenvalue weighted by atomic mass is 10.2. The summed E-state index contributed by atoms with van der Waals surface area (Å²) in [6.45, 7) is 11.0. The smallest absolute Gasteiger partial charge is 0.0784 e. The van der Waals surface area contributed by atoms with E-state index in [1.54, 1.807) is 0 Å². The molecule has 0 atom stereocenters. The van der Waals surface area contributed by atoms with E-state index in [0.717, 1.165) is 0 Å². The number of halogens is 1. The normalized spacial score (nSPS) is 11.2. The first-order chi connectivity index (χ1) is 6.68. The zero-order valence-corrected chi connectivity index (χ0v) is 11.2. The van der Waals surface area contributed by atoms with Crippen molar-refractivity contribution in [3.8, 4) is 0 Å². The monoisotopic (exact) mass is 219 g/mol. The van der Waals surface area contributed by atoms with Gasteiger partial charge in [-0.05, 0) is 19.3 Å². The summed E-state index contributed by atoms with van der Waals surface area (Å²) < 4.78 is 1.32. The highest BCUT2D eigenvalue weighted by Gasteiger charge is 2.18. The molecule has 15 heavy (non-hydrogen) atoms. The zero-order valence-electron chi connectivity index (χ0n) is 11.2. The molecule has 0 saturated carbocycles. The fraction of sp³-hybridized carbons (Fsp3) is 1.00. The zero-order chi connectivity index (χ0) is 10.9. The molecule has 0 aliphatic rings. The van der Waals surface area contributed by atoms with Crippen molar-refractivity contribution in [2.24, 2.45) is 0 Å². The van der Waals surface area contributed by atoms with Crippen LogP contribution in [0.2, 0.25) is 0 Å². The summed E-state index contributed by atoms with van der Waals surface area (Å²) in [6.07, 6.45) is 8.20. The molecule has 0 N–H and O–H groups in total. The molecule has 0 spiro atoms. The third kappa shape index (κ3) is 8.86. The van der Waals surface area contributed by atoms with Crippen molar-refractivity contribution in [2.45, 2.75) is 59.3 Å². The van der Waals surface area contributed by atoms with Crippen molar-refractivity contribution in [3.63, 3.8) is 0 Å². The van der Waals surface area contributed by atoms with Crippen LogP contribution in [0.15, 0.2) is 0 Å². The Morgan fingerprint density at radius 3 is 1.13 bits per heavy atom. The Bertz CT molecular complexity index is 104. The van der Waals surface area contributed by atoms with Crippen LogP contribution in [0.5, 0.6) is 0 Å². The number of nitrogens with zero attached hydrogens (tertiary/aromatic N) is 1. The van der Waals surface area contributed by atoms with Gasteiger partial charge in [-0.25, -0.2) is 0 Å². The van der Waals surface area contributed by atoms with E-state index < -0.39 is 0 Å². The maximum atomic E-state index is 2.45. The summed E-state index contributed by atoms with van der Waals surface area (Å²) in [7, 11) is 2.45. The standard InChI is InChI=1S/C13H30N.FH/c1-5-8-11-14(4,12-9-6-2)13-10-7-3;/h5-13H2,1-4H3;1H/q+1;/p-1. The van der Waals surface area contributed by atoms with E-state index >= 15 is 0 Å². The highest BCUT2D eigenvalue weighted by molar-refractivity contribution is 4.43. The predicted molar refractivity (Wildman–Crippen MR) is 65.5 cm³/mol. The van der Waals surface area contributed by atoms with Gasteiger partial charge in [-0.2, -0.15) is 0 Å². The van der Waals surface area contributed by atoms with E-state index in [1.165, 1.54) is 62.6 Å². The van der Waals surface area contributed by atoms with Crippen LogP contribution < -0.4 is 4.70 Å². The van der Waals surface area contributed by atoms with Crippen LogP contribution in [-0.4, -0.2) is 31.2 Å². The molecule has 0 bridgehead atoms. The molecule has 0 aromatic heterocycles. The van der Waals surface area contributed by atoms with Crippen molar-refractivity contribution < 1.29 is 9.19 Å². The molecule has 0 aromatic carbocycles. The van der Waals surface area contributed by atoms with Crippen LogP contribution in [0.25, 0.3) is 0 Å². The Balaban J connectivity index is 0. The molecule has 1 nitrogen and oxygen atoms in total. The van der Waals surface area contributed by atoms with E-state index in [-0.39, 0.29) is 4.70 Å². The number of hydrogen-bond donors (Lipinski definition) is 0. The molecule has 2 heteroatoms. The first-order valence-electron chi connectivity index (χ1n) is 6.52. The van der Waals surface area contributed by atoms with Crippen LogP contribution in [0.4, 0.5) is 0 Å². The molecular formula is C13H30FN. The summed E-state index contributed by atoms with van der Waals surface area (Å²) in [4.78, 5) is 0. The average Bonchev–Trinajstić information content (AvgIpc) is 2.21. The highest BCUT2D eigenvalue weighted by Crippen LogP contribution is 2.10. The summed E-state index contributed by atoms with van der Waals surface area (Å²) in [6, 6.07) is 0. The number of rotatable bonds is 9. The Hall–Kier alpha value is -0.110. The Labute approximate surface area is 95.8 Å². The van der Waals surface area contributed by atoms with Crippen molar-refractivity contribution >= 4 is 0 Å². The van der Waals surface area contributed by atoms with E-state index in [2.05, 4.69) is 27.8 Å². The van der Waals surface area contributed by atoms with Gasteiger partial charge in [0.15, 0.2) is 0 Å². The topological polar surface area (TPSA) is 0 Å². The largest absolute Gasteiger partial charge is 1.00 e. The van der Waals surface area contributed by atoms with Crippen LogP contribution in [0.1, 0.15) is 59.3 Å². The summed E-state index contributed by atoms with van der Waals surface area (Å²) >= 11 is 0. The SMILES string of the molecule is CCCC[N+](C)(CCCC)CCCC.[F-]. The molecule has 0 fully saturated rings. The minimum Gasteiger partial charge on any atom is -1.00 e. The molecule has 0 aliphatic carbocycles. The average molecular weight is 219 g/mol. The Morgan fingerprint density at radius 1 is 0.667 bits per heavy atom. The second-order valence-electron chi connectivity index (χ2n) is 4.85. The Morgan fingerprint density at radius 2 is 0.933 bits per heavy atom. The van der Waals surface area contributed by atoms with Crippen LogP contribution >= 0.6 is 0 Å². The second kappa shape index (κ2) is 10.4. The molecule has 0 aliphatic heterocycles. The van der Waals surface area contributed by atoms with Crippen LogP contribution in [-0.2, 0) is 0 Å². The van der Waals surface area contributed by atoms with Gasteiger partial charge in [0.1, 0.15) is 0 Å². The van der Waals surface area contributed by atoms with Crippen LogP contribution in [0, 0.1) is 0 Å². The summed E-state index contributed by atoms with van der Waals surface area (Å²) in [5, 5.41) is 0. The van der Waals surface area contributed by atoms with E-state index in [1.807, 2.05) is 0 Å². The number of quaternary nitrogens is 1. The molecule has 0 unspecified atom stereocenters. The van der Waals surface area contributed by atoms with Gasteiger partial charge < -0.3 is 9.19 Å². The molecule has 94 valence electrons. The molecule has 0 saturated heterocycles. The fourth-order valence-corrected chi connectivity index (χ4v) is 1.95. The van der Waals surface area contributed by atoms with Gasteiger partial charge in [-0.1, -0.05) is 40.0 Å². The van der Waals surface area contributed by atoms with E-state index in [0.29, 0.717) is 0 Å². The number of unbranched alkanes of at least 4 members (excludes halogenated alkanes) is 3. The maximum Gasteiger partial charge on any atom is 0.0784 e. The van der Waals surface area contributed by atoms with Gasteiger partial charge in [0.2, 0.25) is 0 Å². The summed E-state index contributed by atoms with van der Waals surface area (Å²) in [5.41, 5.74) is 0. The third-order valence-electron chi connectivity index (χ3n) is 3.15. The van der Waals surface area contributed by atoms with Crippen molar-refractivity contribution in [2.75, 3.05) is 26.7 Å². The number of hydrogen-bond acceptors (Lipinski definition) is 0. The van der Waals surface area contributed by atoms with Gasteiger partial charge in [-0.15, -0.1) is 0 Å². The first-order valence-corrected chi connectivity index (χ1v) is 6.52. The van der Waals surface area contributed by atoms with Gasteiger partial charge >= 0.3 is 0 Å². The Kier molecular flexibility index (Phi) is 12.0. The molecule has 0 rings (SSSR count). The van der Waals surface area contributed by atoms with Gasteiger partial charge in [0, 0.05) is 0 Å². The van der Waals surface area contributed by atoms with Crippen molar-refractivity contribution in [3.05, 3.63) is 0 Å². The molecule has 0 aromatic rings. The quantitative estimate of drug-likeness (QED) is 0.504. The van der Waals surface area contributed by atoms with Crippen molar-refractivity contribution in [1.29, 1.82) is 0 Å². The van der Waals surface area contributed by atoms with Crippen LogP contribution in [0.3, 0.4) is 0 Å². The maximum absolute atomic E-state index is 2.45. The minimum absolute atomic E-state index is 0. The van der Waals surface area contributed by atoms with Gasteiger partial charge in [-0.3, -0.25) is 0 Å². The lowest BCUT2D eigenvalue weighted by Gasteiger charge is -2.34. The third-order valence-corrected chi connectivity index (χ3v) is 3.15. The highest BCUT2D eigenvalue weighted by atomic mass is 19.0.